The molecule has 1 aliphatic rings. The second-order valence-corrected chi connectivity index (χ2v) is 7.82. The Morgan fingerprint density at radius 3 is 2.72 bits per heavy atom. The highest BCUT2D eigenvalue weighted by molar-refractivity contribution is 7.98. The summed E-state index contributed by atoms with van der Waals surface area (Å²) in [6.45, 7) is 1.76. The smallest absolute Gasteiger partial charge is 0.256 e. The maximum atomic E-state index is 12.8. The predicted octanol–water partition coefficient (Wildman–Crippen LogP) is 3.81. The molecule has 2 N–H and O–H groups in total. The number of nitrogens with zero attached hydrogens (tertiary/aromatic N) is 2. The van der Waals surface area contributed by atoms with Crippen LogP contribution in [0.5, 0.6) is 0 Å². The third-order valence-electron chi connectivity index (χ3n) is 4.35. The van der Waals surface area contributed by atoms with Crippen LogP contribution in [0.25, 0.3) is 0 Å². The molecule has 1 fully saturated rings. The molecule has 1 saturated carbocycles. The van der Waals surface area contributed by atoms with E-state index < -0.39 is 0 Å². The van der Waals surface area contributed by atoms with Crippen molar-refractivity contribution in [2.75, 3.05) is 5.32 Å². The quantitative estimate of drug-likeness (QED) is 0.577. The van der Waals surface area contributed by atoms with Crippen molar-refractivity contribution in [3.63, 3.8) is 0 Å². The van der Waals surface area contributed by atoms with Gasteiger partial charge in [0.2, 0.25) is 5.89 Å². The summed E-state index contributed by atoms with van der Waals surface area (Å²) in [6.07, 6.45) is 2.06. The van der Waals surface area contributed by atoms with Gasteiger partial charge in [-0.1, -0.05) is 23.4 Å². The van der Waals surface area contributed by atoms with E-state index in [-0.39, 0.29) is 17.9 Å². The number of hydrogen-bond acceptors (Lipinski definition) is 6. The average molecular weight is 408 g/mol. The summed E-state index contributed by atoms with van der Waals surface area (Å²) in [5.41, 5.74) is 1.65. The first-order valence-electron chi connectivity index (χ1n) is 9.32. The number of hydrogen-bond donors (Lipinski definition) is 2. The number of carbonyl (C=O) groups is 2. The fourth-order valence-electron chi connectivity index (χ4n) is 2.75. The van der Waals surface area contributed by atoms with Gasteiger partial charge in [0.25, 0.3) is 11.8 Å². The van der Waals surface area contributed by atoms with E-state index >= 15 is 0 Å². The second kappa shape index (κ2) is 8.48. The van der Waals surface area contributed by atoms with Crippen LogP contribution in [-0.4, -0.2) is 28.0 Å². The van der Waals surface area contributed by atoms with Crippen LogP contribution in [0.15, 0.2) is 57.9 Å². The molecule has 8 heteroatoms. The van der Waals surface area contributed by atoms with Gasteiger partial charge in [0, 0.05) is 22.2 Å². The summed E-state index contributed by atoms with van der Waals surface area (Å²) in [4.78, 5) is 30.1. The normalized spacial score (nSPS) is 13.1. The lowest BCUT2D eigenvalue weighted by molar-refractivity contribution is 0.0949. The zero-order valence-electron chi connectivity index (χ0n) is 15.8. The summed E-state index contributed by atoms with van der Waals surface area (Å²) in [6, 6.07) is 14.6. The van der Waals surface area contributed by atoms with Crippen molar-refractivity contribution in [3.8, 4) is 0 Å². The van der Waals surface area contributed by atoms with E-state index in [0.29, 0.717) is 34.3 Å². The molecule has 0 unspecified atom stereocenters. The van der Waals surface area contributed by atoms with Gasteiger partial charge in [-0.15, -0.1) is 11.8 Å². The molecule has 1 heterocycles. The van der Waals surface area contributed by atoms with Crippen LogP contribution in [0.1, 0.15) is 45.3 Å². The Hall–Kier alpha value is -3.13. The van der Waals surface area contributed by atoms with Crippen LogP contribution in [0.2, 0.25) is 0 Å². The molecule has 0 radical (unpaired) electrons. The molecule has 0 atom stereocenters. The number of amides is 2. The number of benzene rings is 2. The predicted molar refractivity (Wildman–Crippen MR) is 110 cm³/mol. The zero-order valence-corrected chi connectivity index (χ0v) is 16.7. The highest BCUT2D eigenvalue weighted by Crippen LogP contribution is 2.27. The molecule has 0 saturated heterocycles. The van der Waals surface area contributed by atoms with Crippen LogP contribution >= 0.6 is 11.8 Å². The fourth-order valence-corrected chi connectivity index (χ4v) is 3.64. The van der Waals surface area contributed by atoms with Crippen molar-refractivity contribution in [1.82, 2.24) is 15.5 Å². The molecule has 0 aliphatic heterocycles. The Morgan fingerprint density at radius 2 is 1.97 bits per heavy atom. The lowest BCUT2D eigenvalue weighted by Gasteiger charge is -2.10. The SMILES string of the molecule is Cc1noc(CSc2ccccc2C(=O)Nc2cccc(C(=O)NC3CC3)c2)n1. The van der Waals surface area contributed by atoms with Gasteiger partial charge in [0.05, 0.1) is 11.3 Å². The van der Waals surface area contributed by atoms with E-state index in [4.69, 9.17) is 4.52 Å². The molecular weight excluding hydrogens is 388 g/mol. The van der Waals surface area contributed by atoms with E-state index in [1.165, 1.54) is 11.8 Å². The third kappa shape index (κ3) is 5.03. The Labute approximate surface area is 172 Å². The number of aromatic nitrogens is 2. The van der Waals surface area contributed by atoms with E-state index in [0.717, 1.165) is 17.7 Å². The molecule has 3 aromatic rings. The second-order valence-electron chi connectivity index (χ2n) is 6.80. The van der Waals surface area contributed by atoms with Crippen molar-refractivity contribution in [2.24, 2.45) is 0 Å². The summed E-state index contributed by atoms with van der Waals surface area (Å²) in [5.74, 6) is 1.21. The number of aryl methyl sites for hydroxylation is 1. The Morgan fingerprint density at radius 1 is 1.14 bits per heavy atom. The molecular formula is C21H20N4O3S. The van der Waals surface area contributed by atoms with Crippen LogP contribution in [0.3, 0.4) is 0 Å². The van der Waals surface area contributed by atoms with Gasteiger partial charge in [-0.25, -0.2) is 0 Å². The minimum Gasteiger partial charge on any atom is -0.349 e. The maximum Gasteiger partial charge on any atom is 0.256 e. The number of anilines is 1. The molecule has 1 aliphatic carbocycles. The molecule has 1 aromatic heterocycles. The highest BCUT2D eigenvalue weighted by Gasteiger charge is 2.24. The Balaban J connectivity index is 1.45. The number of thioether (sulfide) groups is 1. The van der Waals surface area contributed by atoms with Gasteiger partial charge in [-0.3, -0.25) is 9.59 Å². The van der Waals surface area contributed by atoms with E-state index in [2.05, 4.69) is 20.8 Å². The van der Waals surface area contributed by atoms with Gasteiger partial charge in [-0.05, 0) is 50.1 Å². The average Bonchev–Trinajstić information content (AvgIpc) is 3.44. The lowest BCUT2D eigenvalue weighted by atomic mass is 10.1. The molecule has 7 nitrogen and oxygen atoms in total. The minimum absolute atomic E-state index is 0.116. The highest BCUT2D eigenvalue weighted by atomic mass is 32.2. The van der Waals surface area contributed by atoms with Gasteiger partial charge in [0.15, 0.2) is 5.82 Å². The summed E-state index contributed by atoms with van der Waals surface area (Å²) in [5, 5.41) is 9.61. The lowest BCUT2D eigenvalue weighted by Crippen LogP contribution is -2.25. The van der Waals surface area contributed by atoms with E-state index in [9.17, 15) is 9.59 Å². The van der Waals surface area contributed by atoms with E-state index in [1.807, 2.05) is 18.2 Å². The van der Waals surface area contributed by atoms with Crippen molar-refractivity contribution >= 4 is 29.3 Å². The monoisotopic (exact) mass is 408 g/mol. The topological polar surface area (TPSA) is 97.1 Å². The summed E-state index contributed by atoms with van der Waals surface area (Å²) >= 11 is 1.45. The van der Waals surface area contributed by atoms with Crippen LogP contribution in [-0.2, 0) is 5.75 Å². The molecule has 2 aromatic carbocycles. The number of carbonyl (C=O) groups excluding carboxylic acids is 2. The van der Waals surface area contributed by atoms with E-state index in [1.54, 1.807) is 37.3 Å². The number of rotatable bonds is 7. The summed E-state index contributed by atoms with van der Waals surface area (Å²) < 4.78 is 5.13. The van der Waals surface area contributed by atoms with Gasteiger partial charge in [0.1, 0.15) is 0 Å². The maximum absolute atomic E-state index is 12.8. The first-order valence-corrected chi connectivity index (χ1v) is 10.3. The first kappa shape index (κ1) is 19.2. The van der Waals surface area contributed by atoms with Gasteiger partial charge >= 0.3 is 0 Å². The number of nitrogens with one attached hydrogen (secondary N) is 2. The zero-order chi connectivity index (χ0) is 20.2. The molecule has 4 rings (SSSR count). The first-order chi connectivity index (χ1) is 14.1. The molecule has 29 heavy (non-hydrogen) atoms. The van der Waals surface area contributed by atoms with Crippen molar-refractivity contribution in [1.29, 1.82) is 0 Å². The minimum atomic E-state index is -0.241. The Bertz CT molecular complexity index is 1050. The summed E-state index contributed by atoms with van der Waals surface area (Å²) in [7, 11) is 0. The van der Waals surface area contributed by atoms with Crippen molar-refractivity contribution in [2.45, 2.75) is 36.5 Å². The molecule has 148 valence electrons. The van der Waals surface area contributed by atoms with Crippen molar-refractivity contribution < 1.29 is 14.1 Å². The van der Waals surface area contributed by atoms with Crippen LogP contribution in [0.4, 0.5) is 5.69 Å². The third-order valence-corrected chi connectivity index (χ3v) is 5.41. The molecule has 2 amide bonds. The van der Waals surface area contributed by atoms with Crippen molar-refractivity contribution in [3.05, 3.63) is 71.4 Å². The van der Waals surface area contributed by atoms with Crippen LogP contribution in [0, 0.1) is 6.92 Å². The Kier molecular flexibility index (Phi) is 5.62. The fraction of sp³-hybridized carbons (Fsp3) is 0.238. The molecule has 0 bridgehead atoms. The standard InChI is InChI=1S/C21H20N4O3S/c1-13-22-19(28-25-13)12-29-18-8-3-2-7-17(18)21(27)24-16-6-4-5-14(11-16)20(26)23-15-9-10-15/h2-8,11,15H,9-10,12H2,1H3,(H,23,26)(H,24,27). The van der Waals surface area contributed by atoms with Gasteiger partial charge < -0.3 is 15.2 Å². The van der Waals surface area contributed by atoms with Gasteiger partial charge in [-0.2, -0.15) is 4.98 Å². The van der Waals surface area contributed by atoms with Crippen LogP contribution < -0.4 is 10.6 Å². The molecule has 0 spiro atoms. The largest absolute Gasteiger partial charge is 0.349 e.